The molecule has 1 fully saturated rings. The number of anilines is 1. The number of carboxylic acids is 1. The number of carbonyl (C=O) groups is 2. The zero-order valence-electron chi connectivity index (χ0n) is 11.9. The number of amides is 1. The minimum Gasteiger partial charge on any atom is -0.480 e. The maximum absolute atomic E-state index is 12.3. The second kappa shape index (κ2) is 6.13. The van der Waals surface area contributed by atoms with E-state index < -0.39 is 18.1 Å². The summed E-state index contributed by atoms with van der Waals surface area (Å²) in [5, 5.41) is 18.7. The number of likely N-dealkylation sites (tertiary alicyclic amines) is 1. The van der Waals surface area contributed by atoms with Crippen LogP contribution in [0.3, 0.4) is 0 Å². The van der Waals surface area contributed by atoms with Crippen molar-refractivity contribution in [1.29, 1.82) is 0 Å². The number of benzene rings is 1. The van der Waals surface area contributed by atoms with E-state index in [-0.39, 0.29) is 31.2 Å². The lowest BCUT2D eigenvalue weighted by Crippen LogP contribution is -2.41. The fourth-order valence-electron chi connectivity index (χ4n) is 2.65. The molecule has 21 heavy (non-hydrogen) atoms. The number of aliphatic hydroxyl groups is 1. The van der Waals surface area contributed by atoms with Gasteiger partial charge in [0.05, 0.1) is 6.10 Å². The number of hydrogen-bond acceptors (Lipinski definition) is 4. The van der Waals surface area contributed by atoms with Crippen molar-refractivity contribution in [2.24, 2.45) is 0 Å². The molecule has 6 nitrogen and oxygen atoms in total. The minimum absolute atomic E-state index is 0.0368. The van der Waals surface area contributed by atoms with E-state index in [0.29, 0.717) is 5.69 Å². The van der Waals surface area contributed by atoms with E-state index in [2.05, 4.69) is 0 Å². The highest BCUT2D eigenvalue weighted by molar-refractivity contribution is 5.84. The summed E-state index contributed by atoms with van der Waals surface area (Å²) in [6.07, 6.45) is -0.459. The fourth-order valence-corrected chi connectivity index (χ4v) is 2.65. The van der Waals surface area contributed by atoms with Gasteiger partial charge in [-0.05, 0) is 23.6 Å². The molecule has 114 valence electrons. The lowest BCUT2D eigenvalue weighted by atomic mass is 9.97. The van der Waals surface area contributed by atoms with Crippen LogP contribution in [0.2, 0.25) is 0 Å². The average molecular weight is 292 g/mol. The zero-order chi connectivity index (χ0) is 15.6. The molecule has 4 N–H and O–H groups in total. The second-order valence-corrected chi connectivity index (χ2v) is 5.56. The van der Waals surface area contributed by atoms with Gasteiger partial charge in [-0.2, -0.15) is 0 Å². The first-order valence-electron chi connectivity index (χ1n) is 6.94. The molecule has 0 radical (unpaired) electrons. The molecule has 6 heteroatoms. The predicted octanol–water partition coefficient (Wildman–Crippen LogP) is 0.809. The van der Waals surface area contributed by atoms with E-state index in [1.165, 1.54) is 4.90 Å². The van der Waals surface area contributed by atoms with Gasteiger partial charge in [-0.15, -0.1) is 0 Å². The van der Waals surface area contributed by atoms with Gasteiger partial charge in [-0.25, -0.2) is 4.79 Å². The highest BCUT2D eigenvalue weighted by Crippen LogP contribution is 2.25. The fraction of sp³-hybridized carbons (Fsp3) is 0.467. The van der Waals surface area contributed by atoms with E-state index in [4.69, 9.17) is 10.8 Å². The summed E-state index contributed by atoms with van der Waals surface area (Å²) in [7, 11) is 0. The highest BCUT2D eigenvalue weighted by Gasteiger charge is 2.38. The van der Waals surface area contributed by atoms with Crippen LogP contribution in [0, 0.1) is 0 Å². The molecule has 1 aromatic carbocycles. The number of carboxylic acid groups (broad SMARTS) is 1. The van der Waals surface area contributed by atoms with Crippen LogP contribution in [0.15, 0.2) is 24.3 Å². The van der Waals surface area contributed by atoms with Crippen LogP contribution in [-0.4, -0.2) is 45.7 Å². The normalized spacial score (nSPS) is 23.0. The third kappa shape index (κ3) is 3.52. The molecule has 0 spiro atoms. The molecule has 1 aromatic rings. The van der Waals surface area contributed by atoms with Crippen LogP contribution in [-0.2, 0) is 9.59 Å². The lowest BCUT2D eigenvalue weighted by molar-refractivity contribution is -0.148. The van der Waals surface area contributed by atoms with Crippen LogP contribution < -0.4 is 5.73 Å². The van der Waals surface area contributed by atoms with E-state index in [1.807, 2.05) is 19.1 Å². The largest absolute Gasteiger partial charge is 0.480 e. The Bertz CT molecular complexity index is 529. The Morgan fingerprint density at radius 2 is 2.00 bits per heavy atom. The molecule has 1 saturated heterocycles. The van der Waals surface area contributed by atoms with E-state index in [0.717, 1.165) is 5.56 Å². The molecular weight excluding hydrogens is 272 g/mol. The van der Waals surface area contributed by atoms with Crippen LogP contribution in [0.25, 0.3) is 0 Å². The summed E-state index contributed by atoms with van der Waals surface area (Å²) < 4.78 is 0. The Hall–Kier alpha value is -2.08. The summed E-state index contributed by atoms with van der Waals surface area (Å²) in [6, 6.07) is 6.35. The number of nitrogens with zero attached hydrogens (tertiary/aromatic N) is 1. The molecule has 0 aromatic heterocycles. The average Bonchev–Trinajstić information content (AvgIpc) is 2.82. The number of β-amino-alcohol motifs (C(OH)–C–C–N with tert-alkyl or cyclic N) is 1. The van der Waals surface area contributed by atoms with Gasteiger partial charge in [0.2, 0.25) is 5.91 Å². The maximum atomic E-state index is 12.3. The zero-order valence-corrected chi connectivity index (χ0v) is 11.9. The Balaban J connectivity index is 2.03. The molecule has 1 aliphatic heterocycles. The van der Waals surface area contributed by atoms with Crippen molar-refractivity contribution in [3.63, 3.8) is 0 Å². The monoisotopic (exact) mass is 292 g/mol. The molecule has 1 amide bonds. The van der Waals surface area contributed by atoms with Crippen LogP contribution in [0.4, 0.5) is 5.69 Å². The smallest absolute Gasteiger partial charge is 0.326 e. The number of nitrogens with two attached hydrogens (primary N) is 1. The molecule has 0 bridgehead atoms. The third-order valence-corrected chi connectivity index (χ3v) is 3.87. The number of carbonyl (C=O) groups excluding carboxylic acids is 1. The van der Waals surface area contributed by atoms with Crippen molar-refractivity contribution in [2.45, 2.75) is 37.8 Å². The maximum Gasteiger partial charge on any atom is 0.326 e. The molecule has 0 aliphatic carbocycles. The number of rotatable bonds is 4. The van der Waals surface area contributed by atoms with Crippen molar-refractivity contribution >= 4 is 17.6 Å². The van der Waals surface area contributed by atoms with Crippen LogP contribution in [0.1, 0.15) is 31.2 Å². The van der Waals surface area contributed by atoms with Gasteiger partial charge >= 0.3 is 5.97 Å². The van der Waals surface area contributed by atoms with Crippen LogP contribution >= 0.6 is 0 Å². The van der Waals surface area contributed by atoms with Gasteiger partial charge in [0.1, 0.15) is 6.04 Å². The number of nitrogen functional groups attached to an aromatic ring is 1. The first kappa shape index (κ1) is 15.3. The molecule has 1 heterocycles. The van der Waals surface area contributed by atoms with E-state index >= 15 is 0 Å². The van der Waals surface area contributed by atoms with Gasteiger partial charge in [-0.3, -0.25) is 4.79 Å². The Morgan fingerprint density at radius 3 is 2.57 bits per heavy atom. The molecule has 3 atom stereocenters. The molecule has 2 unspecified atom stereocenters. The first-order chi connectivity index (χ1) is 9.88. The third-order valence-electron chi connectivity index (χ3n) is 3.87. The molecule has 0 saturated carbocycles. The SMILES string of the molecule is CC(CC(=O)N1CC(O)C[C@H]1C(=O)O)c1ccc(N)cc1. The number of hydrogen-bond donors (Lipinski definition) is 3. The van der Waals surface area contributed by atoms with Crippen molar-refractivity contribution in [3.8, 4) is 0 Å². The standard InChI is InChI=1S/C15H20N2O4/c1-9(10-2-4-11(16)5-3-10)6-14(19)17-8-12(18)7-13(17)15(20)21/h2-5,9,12-13,18H,6-8,16H2,1H3,(H,20,21)/t9?,12?,13-/m0/s1. The van der Waals surface area contributed by atoms with Gasteiger partial charge in [0.15, 0.2) is 0 Å². The van der Waals surface area contributed by atoms with Crippen molar-refractivity contribution in [1.82, 2.24) is 4.90 Å². The minimum atomic E-state index is -1.07. The van der Waals surface area contributed by atoms with Crippen molar-refractivity contribution in [3.05, 3.63) is 29.8 Å². The van der Waals surface area contributed by atoms with E-state index in [1.54, 1.807) is 12.1 Å². The number of aliphatic hydroxyl groups excluding tert-OH is 1. The van der Waals surface area contributed by atoms with Gasteiger partial charge in [0, 0.05) is 25.1 Å². The molecule has 1 aliphatic rings. The lowest BCUT2D eigenvalue weighted by Gasteiger charge is -2.23. The summed E-state index contributed by atoms with van der Waals surface area (Å²) in [5.74, 6) is -1.35. The Morgan fingerprint density at radius 1 is 1.38 bits per heavy atom. The van der Waals surface area contributed by atoms with Crippen LogP contribution in [0.5, 0.6) is 0 Å². The summed E-state index contributed by atoms with van der Waals surface area (Å²) in [4.78, 5) is 24.7. The molecular formula is C15H20N2O4. The van der Waals surface area contributed by atoms with Gasteiger partial charge in [0.25, 0.3) is 0 Å². The number of aliphatic carboxylic acids is 1. The highest BCUT2D eigenvalue weighted by atomic mass is 16.4. The quantitative estimate of drug-likeness (QED) is 0.712. The summed E-state index contributed by atoms with van der Waals surface area (Å²) >= 11 is 0. The van der Waals surface area contributed by atoms with Gasteiger partial charge < -0.3 is 20.8 Å². The second-order valence-electron chi connectivity index (χ2n) is 5.56. The first-order valence-corrected chi connectivity index (χ1v) is 6.94. The summed E-state index contributed by atoms with van der Waals surface area (Å²) in [5.41, 5.74) is 7.26. The van der Waals surface area contributed by atoms with Gasteiger partial charge in [-0.1, -0.05) is 19.1 Å². The van der Waals surface area contributed by atoms with Crippen molar-refractivity contribution in [2.75, 3.05) is 12.3 Å². The van der Waals surface area contributed by atoms with Crippen molar-refractivity contribution < 1.29 is 19.8 Å². The van der Waals surface area contributed by atoms with E-state index in [9.17, 15) is 14.7 Å². The Labute approximate surface area is 123 Å². The predicted molar refractivity (Wildman–Crippen MR) is 77.6 cm³/mol. The summed E-state index contributed by atoms with van der Waals surface area (Å²) in [6.45, 7) is 2.00. The Kier molecular flexibility index (Phi) is 4.47. The topological polar surface area (TPSA) is 104 Å². The molecule has 2 rings (SSSR count).